The number of nitrogens with zero attached hydrogens (tertiary/aromatic N) is 1. The quantitative estimate of drug-likeness (QED) is 0.630. The lowest BCUT2D eigenvalue weighted by molar-refractivity contribution is -0.138. The van der Waals surface area contributed by atoms with Crippen LogP contribution in [0.15, 0.2) is 18.2 Å². The highest BCUT2D eigenvalue weighted by Gasteiger charge is 2.47. The first kappa shape index (κ1) is 20.7. The number of hydrogen-bond acceptors (Lipinski definition) is 3. The zero-order valence-electron chi connectivity index (χ0n) is 16.6. The Morgan fingerprint density at radius 2 is 1.64 bits per heavy atom. The molecule has 2 atom stereocenters. The molecule has 3 rings (SSSR count). The van der Waals surface area contributed by atoms with E-state index in [9.17, 15) is 22.8 Å². The summed E-state index contributed by atoms with van der Waals surface area (Å²) in [6.07, 6.45) is -2.36. The lowest BCUT2D eigenvalue weighted by Crippen LogP contribution is -2.49. The van der Waals surface area contributed by atoms with Gasteiger partial charge in [0.1, 0.15) is 5.60 Å². The van der Waals surface area contributed by atoms with Crippen LogP contribution in [0, 0.1) is 12.8 Å². The summed E-state index contributed by atoms with van der Waals surface area (Å²) in [6, 6.07) is 3.55. The second-order valence-electron chi connectivity index (χ2n) is 8.78. The molecule has 7 heteroatoms. The first-order chi connectivity index (χ1) is 12.9. The third kappa shape index (κ3) is 4.03. The summed E-state index contributed by atoms with van der Waals surface area (Å²) in [6.45, 7) is 6.76. The Kier molecular flexibility index (Phi) is 5.23. The van der Waals surface area contributed by atoms with Gasteiger partial charge in [0.05, 0.1) is 5.56 Å². The maximum Gasteiger partial charge on any atom is 0.416 e. The average molecular weight is 397 g/mol. The fourth-order valence-corrected chi connectivity index (χ4v) is 4.43. The van der Waals surface area contributed by atoms with Crippen LogP contribution in [0.1, 0.15) is 67.9 Å². The van der Waals surface area contributed by atoms with Gasteiger partial charge in [-0.25, -0.2) is 4.79 Å². The van der Waals surface area contributed by atoms with Gasteiger partial charge in [0.25, 0.3) is 0 Å². The van der Waals surface area contributed by atoms with E-state index in [1.807, 2.05) is 0 Å². The SMILES string of the molecule is Cc1c(C(=O)C2CC3CCC(C2)N3C(=O)OC(C)(C)C)cccc1C(F)(F)F. The van der Waals surface area contributed by atoms with Gasteiger partial charge in [-0.05, 0) is 65.0 Å². The van der Waals surface area contributed by atoms with Crippen molar-refractivity contribution < 1.29 is 27.5 Å². The first-order valence-electron chi connectivity index (χ1n) is 9.61. The molecule has 2 aliphatic rings. The molecule has 0 aromatic heterocycles. The first-order valence-corrected chi connectivity index (χ1v) is 9.61. The summed E-state index contributed by atoms with van der Waals surface area (Å²) >= 11 is 0. The lowest BCUT2D eigenvalue weighted by Gasteiger charge is -2.39. The molecule has 2 unspecified atom stereocenters. The van der Waals surface area contributed by atoms with Crippen molar-refractivity contribution in [2.45, 2.75) is 77.2 Å². The van der Waals surface area contributed by atoms with E-state index in [1.54, 1.807) is 25.7 Å². The predicted molar refractivity (Wildman–Crippen MR) is 98.1 cm³/mol. The molecule has 0 saturated carbocycles. The van der Waals surface area contributed by atoms with Gasteiger partial charge in [-0.2, -0.15) is 13.2 Å². The normalized spacial score (nSPS) is 25.0. The van der Waals surface area contributed by atoms with E-state index in [0.29, 0.717) is 12.8 Å². The number of fused-ring (bicyclic) bond motifs is 2. The molecule has 2 fully saturated rings. The van der Waals surface area contributed by atoms with Crippen molar-refractivity contribution >= 4 is 11.9 Å². The monoisotopic (exact) mass is 397 g/mol. The number of carbonyl (C=O) groups excluding carboxylic acids is 2. The van der Waals surface area contributed by atoms with Crippen molar-refractivity contribution in [3.63, 3.8) is 0 Å². The second kappa shape index (κ2) is 7.08. The smallest absolute Gasteiger partial charge is 0.416 e. The molecule has 154 valence electrons. The van der Waals surface area contributed by atoms with Crippen LogP contribution >= 0.6 is 0 Å². The van der Waals surface area contributed by atoms with Gasteiger partial charge in [-0.1, -0.05) is 12.1 Å². The predicted octanol–water partition coefficient (Wildman–Crippen LogP) is 5.37. The Morgan fingerprint density at radius 3 is 2.14 bits per heavy atom. The van der Waals surface area contributed by atoms with Crippen LogP contribution in [-0.4, -0.2) is 34.5 Å². The third-order valence-corrected chi connectivity index (χ3v) is 5.61. The summed E-state index contributed by atoms with van der Waals surface area (Å²) in [4.78, 5) is 27.3. The van der Waals surface area contributed by atoms with E-state index in [4.69, 9.17) is 4.74 Å². The topological polar surface area (TPSA) is 46.6 Å². The Bertz CT molecular complexity index is 768. The number of rotatable bonds is 2. The molecule has 0 N–H and O–H groups in total. The number of carbonyl (C=O) groups is 2. The highest BCUT2D eigenvalue weighted by molar-refractivity contribution is 5.99. The summed E-state index contributed by atoms with van der Waals surface area (Å²) in [5.74, 6) is -0.636. The third-order valence-electron chi connectivity index (χ3n) is 5.61. The van der Waals surface area contributed by atoms with Crippen molar-refractivity contribution in [1.29, 1.82) is 0 Å². The standard InChI is InChI=1S/C21H26F3NO3/c1-12-16(6-5-7-17(12)21(22,23)24)18(26)13-10-14-8-9-15(11-13)25(14)19(27)28-20(2,3)4/h5-7,13-15H,8-11H2,1-4H3. The molecular weight excluding hydrogens is 371 g/mol. The van der Waals surface area contributed by atoms with Gasteiger partial charge in [-0.3, -0.25) is 4.79 Å². The van der Waals surface area contributed by atoms with E-state index < -0.39 is 17.3 Å². The number of Topliss-reactive ketones (excluding diaryl/α,β-unsaturated/α-hetero) is 1. The molecule has 2 saturated heterocycles. The van der Waals surface area contributed by atoms with E-state index in [0.717, 1.165) is 18.9 Å². The van der Waals surface area contributed by atoms with Gasteiger partial charge < -0.3 is 9.64 Å². The van der Waals surface area contributed by atoms with Crippen LogP contribution in [0.2, 0.25) is 0 Å². The van der Waals surface area contributed by atoms with E-state index in [-0.39, 0.29) is 41.0 Å². The van der Waals surface area contributed by atoms with Crippen LogP contribution in [0.3, 0.4) is 0 Å². The fourth-order valence-electron chi connectivity index (χ4n) is 4.43. The lowest BCUT2D eigenvalue weighted by atomic mass is 9.83. The summed E-state index contributed by atoms with van der Waals surface area (Å²) in [5, 5.41) is 0. The molecule has 2 bridgehead atoms. The Labute approximate surface area is 163 Å². The van der Waals surface area contributed by atoms with E-state index in [1.165, 1.54) is 19.1 Å². The zero-order valence-corrected chi connectivity index (χ0v) is 16.6. The van der Waals surface area contributed by atoms with E-state index in [2.05, 4.69) is 0 Å². The minimum absolute atomic E-state index is 0.0260. The number of amides is 1. The van der Waals surface area contributed by atoms with Crippen LogP contribution in [0.4, 0.5) is 18.0 Å². The van der Waals surface area contributed by atoms with Crippen molar-refractivity contribution in [3.05, 3.63) is 34.9 Å². The molecule has 0 aliphatic carbocycles. The number of halogens is 3. The van der Waals surface area contributed by atoms with Crippen LogP contribution in [0.5, 0.6) is 0 Å². The Balaban J connectivity index is 1.78. The van der Waals surface area contributed by atoms with E-state index >= 15 is 0 Å². The molecule has 0 spiro atoms. The van der Waals surface area contributed by atoms with Crippen molar-refractivity contribution in [1.82, 2.24) is 4.90 Å². The number of ketones is 1. The number of alkyl halides is 3. The second-order valence-corrected chi connectivity index (χ2v) is 8.78. The molecule has 2 heterocycles. The minimum Gasteiger partial charge on any atom is -0.444 e. The molecule has 1 aromatic carbocycles. The maximum absolute atomic E-state index is 13.2. The molecule has 0 radical (unpaired) electrons. The van der Waals surface area contributed by atoms with Crippen molar-refractivity contribution in [3.8, 4) is 0 Å². The number of hydrogen-bond donors (Lipinski definition) is 0. The molecule has 28 heavy (non-hydrogen) atoms. The maximum atomic E-state index is 13.2. The molecule has 2 aliphatic heterocycles. The molecule has 1 amide bonds. The summed E-state index contributed by atoms with van der Waals surface area (Å²) < 4.78 is 45.0. The zero-order chi connectivity index (χ0) is 20.9. The molecular formula is C21H26F3NO3. The van der Waals surface area contributed by atoms with Crippen molar-refractivity contribution in [2.75, 3.05) is 0 Å². The van der Waals surface area contributed by atoms with Gasteiger partial charge in [-0.15, -0.1) is 0 Å². The minimum atomic E-state index is -4.49. The van der Waals surface area contributed by atoms with Gasteiger partial charge in [0.2, 0.25) is 0 Å². The number of benzene rings is 1. The molecule has 1 aromatic rings. The van der Waals surface area contributed by atoms with Crippen molar-refractivity contribution in [2.24, 2.45) is 5.92 Å². The number of piperidine rings is 1. The van der Waals surface area contributed by atoms with Crippen LogP contribution in [-0.2, 0) is 10.9 Å². The Hall–Kier alpha value is -2.05. The highest BCUT2D eigenvalue weighted by Crippen LogP contribution is 2.41. The summed E-state index contributed by atoms with van der Waals surface area (Å²) in [7, 11) is 0. The largest absolute Gasteiger partial charge is 0.444 e. The average Bonchev–Trinajstić information content (AvgIpc) is 2.82. The van der Waals surface area contributed by atoms with Gasteiger partial charge in [0.15, 0.2) is 5.78 Å². The van der Waals surface area contributed by atoms with Crippen LogP contribution < -0.4 is 0 Å². The fraction of sp³-hybridized carbons (Fsp3) is 0.619. The van der Waals surface area contributed by atoms with Gasteiger partial charge in [0, 0.05) is 23.6 Å². The summed E-state index contributed by atoms with van der Waals surface area (Å²) in [5.41, 5.74) is -1.27. The number of ether oxygens (including phenoxy) is 1. The Morgan fingerprint density at radius 1 is 1.07 bits per heavy atom. The van der Waals surface area contributed by atoms with Crippen LogP contribution in [0.25, 0.3) is 0 Å². The molecule has 4 nitrogen and oxygen atoms in total. The highest BCUT2D eigenvalue weighted by atomic mass is 19.4. The van der Waals surface area contributed by atoms with Gasteiger partial charge >= 0.3 is 12.3 Å².